The maximum atomic E-state index is 10.9. The second-order valence-electron chi connectivity index (χ2n) is 6.66. The maximum absolute atomic E-state index is 10.9. The number of carbonyl (C=O) groups is 1. The Balaban J connectivity index is 4.86. The fourth-order valence-corrected chi connectivity index (χ4v) is 2.96. The highest BCUT2D eigenvalue weighted by Crippen LogP contribution is 2.16. The van der Waals surface area contributed by atoms with Gasteiger partial charge in [-0.15, -0.1) is 0 Å². The van der Waals surface area contributed by atoms with Crippen LogP contribution in [0.3, 0.4) is 0 Å². The van der Waals surface area contributed by atoms with Gasteiger partial charge in [-0.25, -0.2) is 0 Å². The minimum atomic E-state index is -0.992. The molecule has 0 fully saturated rings. The minimum absolute atomic E-state index is 0.0691. The second-order valence-corrected chi connectivity index (χ2v) is 6.66. The average molecular weight is 328 g/mol. The van der Waals surface area contributed by atoms with Gasteiger partial charge in [-0.1, -0.05) is 58.6 Å². The molecule has 0 aliphatic carbocycles. The summed E-state index contributed by atoms with van der Waals surface area (Å²) in [6, 6.07) is 0. The molecular weight excluding hydrogens is 290 g/mol. The lowest BCUT2D eigenvalue weighted by Crippen LogP contribution is -2.54. The van der Waals surface area contributed by atoms with Crippen LogP contribution in [0.5, 0.6) is 0 Å². The molecule has 0 aromatic carbocycles. The van der Waals surface area contributed by atoms with Crippen molar-refractivity contribution in [2.45, 2.75) is 78.2 Å². The van der Waals surface area contributed by atoms with Gasteiger partial charge in [-0.3, -0.25) is 0 Å². The Morgan fingerprint density at radius 2 is 1.61 bits per heavy atom. The van der Waals surface area contributed by atoms with Gasteiger partial charge in [0.05, 0.1) is 19.6 Å². The zero-order valence-electron chi connectivity index (χ0n) is 15.4. The van der Waals surface area contributed by atoms with Crippen molar-refractivity contribution in [3.05, 3.63) is 12.2 Å². The number of aliphatic hydroxyl groups excluding tert-OH is 1. The normalized spacial score (nSPS) is 13.6. The topological polar surface area (TPSA) is 60.4 Å². The molecule has 0 aliphatic rings. The number of nitrogens with zero attached hydrogens (tertiary/aromatic N) is 1. The number of carbonyl (C=O) groups excluding carboxylic acids is 1. The van der Waals surface area contributed by atoms with E-state index in [1.165, 1.54) is 0 Å². The fourth-order valence-electron chi connectivity index (χ4n) is 2.96. The van der Waals surface area contributed by atoms with Crippen LogP contribution in [0.1, 0.15) is 72.1 Å². The first-order chi connectivity index (χ1) is 11.0. The Bertz CT molecular complexity index is 321. The lowest BCUT2D eigenvalue weighted by atomic mass is 10.1. The van der Waals surface area contributed by atoms with Gasteiger partial charge in [0.1, 0.15) is 12.6 Å². The summed E-state index contributed by atoms with van der Waals surface area (Å²) in [5, 5.41) is 21.3. The van der Waals surface area contributed by atoms with Crippen LogP contribution in [0.25, 0.3) is 0 Å². The minimum Gasteiger partial charge on any atom is -0.550 e. The highest BCUT2D eigenvalue weighted by molar-refractivity contribution is 5.64. The van der Waals surface area contributed by atoms with Gasteiger partial charge in [-0.05, 0) is 19.3 Å². The van der Waals surface area contributed by atoms with Gasteiger partial charge in [0.25, 0.3) is 0 Å². The summed E-state index contributed by atoms with van der Waals surface area (Å²) >= 11 is 0. The molecule has 0 spiro atoms. The molecule has 0 heterocycles. The molecule has 1 unspecified atom stereocenters. The molecule has 0 rings (SSSR count). The van der Waals surface area contributed by atoms with E-state index < -0.39 is 12.1 Å². The molecule has 0 amide bonds. The molecule has 0 saturated carbocycles. The van der Waals surface area contributed by atoms with E-state index in [1.54, 1.807) is 0 Å². The number of carboxylic acids is 1. The molecule has 23 heavy (non-hydrogen) atoms. The molecule has 0 aromatic heterocycles. The number of carboxylic acid groups (broad SMARTS) is 1. The van der Waals surface area contributed by atoms with Crippen molar-refractivity contribution in [1.82, 2.24) is 0 Å². The molecule has 0 saturated heterocycles. The van der Waals surface area contributed by atoms with Crippen LogP contribution in [0.2, 0.25) is 0 Å². The lowest BCUT2D eigenvalue weighted by molar-refractivity contribution is -0.930. The quantitative estimate of drug-likeness (QED) is 0.286. The third-order valence-corrected chi connectivity index (χ3v) is 4.42. The van der Waals surface area contributed by atoms with Crippen LogP contribution in [-0.2, 0) is 4.79 Å². The maximum Gasteiger partial charge on any atom is 0.121 e. The van der Waals surface area contributed by atoms with E-state index in [9.17, 15) is 15.0 Å². The Hall–Kier alpha value is -0.870. The first-order valence-electron chi connectivity index (χ1n) is 9.39. The van der Waals surface area contributed by atoms with E-state index in [2.05, 4.69) is 26.8 Å². The van der Waals surface area contributed by atoms with Crippen molar-refractivity contribution < 1.29 is 19.5 Å². The van der Waals surface area contributed by atoms with Gasteiger partial charge in [-0.2, -0.15) is 0 Å². The summed E-state index contributed by atoms with van der Waals surface area (Å²) in [5.41, 5.74) is 0. The molecule has 1 N–H and O–H groups in total. The molecule has 0 bridgehead atoms. The Labute approximate surface area is 142 Å². The van der Waals surface area contributed by atoms with E-state index >= 15 is 0 Å². The van der Waals surface area contributed by atoms with Crippen LogP contribution in [-0.4, -0.2) is 47.8 Å². The van der Waals surface area contributed by atoms with Gasteiger partial charge >= 0.3 is 0 Å². The highest BCUT2D eigenvalue weighted by atomic mass is 16.4. The number of hydrogen-bond acceptors (Lipinski definition) is 3. The summed E-state index contributed by atoms with van der Waals surface area (Å²) in [5.74, 6) is -0.992. The van der Waals surface area contributed by atoms with Crippen LogP contribution < -0.4 is 5.11 Å². The third-order valence-electron chi connectivity index (χ3n) is 4.42. The molecule has 4 heteroatoms. The highest BCUT2D eigenvalue weighted by Gasteiger charge is 2.28. The van der Waals surface area contributed by atoms with Crippen molar-refractivity contribution in [3.63, 3.8) is 0 Å². The summed E-state index contributed by atoms with van der Waals surface area (Å²) in [7, 11) is 0. The summed E-state index contributed by atoms with van der Waals surface area (Å²) in [6.45, 7) is 9.48. The van der Waals surface area contributed by atoms with E-state index in [0.29, 0.717) is 17.6 Å². The number of hydrogen-bond donors (Lipinski definition) is 1. The average Bonchev–Trinajstić information content (AvgIpc) is 2.53. The van der Waals surface area contributed by atoms with Crippen LogP contribution in [0.15, 0.2) is 12.2 Å². The zero-order valence-corrected chi connectivity index (χ0v) is 15.4. The van der Waals surface area contributed by atoms with Crippen molar-refractivity contribution in [1.29, 1.82) is 0 Å². The van der Waals surface area contributed by atoms with Gasteiger partial charge < -0.3 is 19.5 Å². The van der Waals surface area contributed by atoms with E-state index in [-0.39, 0.29) is 6.42 Å². The molecule has 0 radical (unpaired) electrons. The lowest BCUT2D eigenvalue weighted by Gasteiger charge is -2.40. The first-order valence-corrected chi connectivity index (χ1v) is 9.39. The second kappa shape index (κ2) is 13.6. The number of aliphatic carboxylic acids is 1. The molecule has 0 aliphatic heterocycles. The summed E-state index contributed by atoms with van der Waals surface area (Å²) < 4.78 is 0.689. The number of aliphatic hydroxyl groups is 1. The van der Waals surface area contributed by atoms with E-state index in [4.69, 9.17) is 0 Å². The molecular formula is C19H37NO3. The number of allylic oxidation sites excluding steroid dienone is 1. The Kier molecular flexibility index (Phi) is 13.0. The summed E-state index contributed by atoms with van der Waals surface area (Å²) in [6.07, 6.45) is 11.1. The number of quaternary nitrogens is 1. The van der Waals surface area contributed by atoms with Crippen molar-refractivity contribution in [3.8, 4) is 0 Å². The van der Waals surface area contributed by atoms with Gasteiger partial charge in [0.15, 0.2) is 0 Å². The SMILES string of the molecule is CCCC/C=C/C(O)C[N+](CCCC)(CCCC)CCC(=O)[O-]. The van der Waals surface area contributed by atoms with Crippen molar-refractivity contribution in [2.24, 2.45) is 0 Å². The van der Waals surface area contributed by atoms with Gasteiger partial charge in [0.2, 0.25) is 0 Å². The predicted molar refractivity (Wildman–Crippen MR) is 93.8 cm³/mol. The standard InChI is InChI=1S/C19H37NO3/c1-4-7-10-11-12-18(21)17-20(14-8-5-2,15-9-6-3)16-13-19(22)23/h11-12,18,21H,4-10,13-17H2,1-3H3/b12-11+. The smallest absolute Gasteiger partial charge is 0.121 e. The Morgan fingerprint density at radius 1 is 1.04 bits per heavy atom. The predicted octanol–water partition coefficient (Wildman–Crippen LogP) is 2.65. The molecule has 4 nitrogen and oxygen atoms in total. The van der Waals surface area contributed by atoms with Crippen LogP contribution in [0, 0.1) is 0 Å². The monoisotopic (exact) mass is 327 g/mol. The van der Waals surface area contributed by atoms with E-state index in [0.717, 1.165) is 58.0 Å². The molecule has 1 atom stereocenters. The molecule has 136 valence electrons. The summed E-state index contributed by atoms with van der Waals surface area (Å²) in [4.78, 5) is 10.9. The zero-order chi connectivity index (χ0) is 17.6. The Morgan fingerprint density at radius 3 is 2.09 bits per heavy atom. The van der Waals surface area contributed by atoms with Crippen molar-refractivity contribution in [2.75, 3.05) is 26.2 Å². The third kappa shape index (κ3) is 11.3. The first kappa shape index (κ1) is 22.1. The van der Waals surface area contributed by atoms with Gasteiger partial charge in [0, 0.05) is 12.4 Å². The fraction of sp³-hybridized carbons (Fsp3) is 0.842. The number of unbranched alkanes of at least 4 members (excludes halogenated alkanes) is 4. The van der Waals surface area contributed by atoms with Crippen LogP contribution >= 0.6 is 0 Å². The van der Waals surface area contributed by atoms with Crippen LogP contribution in [0.4, 0.5) is 0 Å². The van der Waals surface area contributed by atoms with Crippen molar-refractivity contribution >= 4 is 5.97 Å². The largest absolute Gasteiger partial charge is 0.550 e. The molecule has 0 aromatic rings. The van der Waals surface area contributed by atoms with E-state index in [1.807, 2.05) is 6.08 Å². The number of rotatable bonds is 15.